The zero-order valence-corrected chi connectivity index (χ0v) is 43.7. The molecule has 1 rings (SSSR count). The van der Waals surface area contributed by atoms with Crippen molar-refractivity contribution in [2.75, 3.05) is 13.2 Å². The molecule has 9 heteroatoms. The minimum absolute atomic E-state index is 0.131. The van der Waals surface area contributed by atoms with E-state index in [-0.39, 0.29) is 12.5 Å². The monoisotopic (exact) mass is 940 g/mol. The van der Waals surface area contributed by atoms with Crippen LogP contribution in [0.2, 0.25) is 0 Å². The van der Waals surface area contributed by atoms with E-state index >= 15 is 0 Å². The third-order valence-electron chi connectivity index (χ3n) is 14.5. The van der Waals surface area contributed by atoms with Gasteiger partial charge in [0.2, 0.25) is 5.91 Å². The predicted molar refractivity (Wildman–Crippen MR) is 277 cm³/mol. The first-order chi connectivity index (χ1) is 32.3. The number of carbonyl (C=O) groups is 1. The molecule has 0 aromatic carbocycles. The van der Waals surface area contributed by atoms with Crippen LogP contribution in [0.4, 0.5) is 0 Å². The summed E-state index contributed by atoms with van der Waals surface area (Å²) in [4.78, 5) is 13.0. The summed E-state index contributed by atoms with van der Waals surface area (Å²) in [6, 6.07) is -0.713. The molecule has 1 amide bonds. The number of carbonyl (C=O) groups excluding carboxylic acids is 1. The Balaban J connectivity index is 2.14. The van der Waals surface area contributed by atoms with Crippen molar-refractivity contribution in [3.8, 4) is 0 Å². The van der Waals surface area contributed by atoms with Gasteiger partial charge in [-0.05, 0) is 12.8 Å². The van der Waals surface area contributed by atoms with Gasteiger partial charge < -0.3 is 40.3 Å². The molecule has 394 valence electrons. The van der Waals surface area contributed by atoms with E-state index in [9.17, 15) is 30.3 Å². The lowest BCUT2D eigenvalue weighted by Gasteiger charge is -2.40. The SMILES string of the molecule is CCCCCCCCCCCCCCCCCCCCCCCCCCCCCCC(O)C(COC1OC(CO)C(O)C(O)C1O)NC(=O)CCCCCCCCCCCCCCCCC. The lowest BCUT2D eigenvalue weighted by molar-refractivity contribution is -0.302. The van der Waals surface area contributed by atoms with Gasteiger partial charge in [-0.2, -0.15) is 0 Å². The highest BCUT2D eigenvalue weighted by molar-refractivity contribution is 5.76. The number of nitrogens with one attached hydrogen (secondary N) is 1. The van der Waals surface area contributed by atoms with Crippen LogP contribution in [0.15, 0.2) is 0 Å². The van der Waals surface area contributed by atoms with Crippen LogP contribution >= 0.6 is 0 Å². The number of hydrogen-bond donors (Lipinski definition) is 6. The Hall–Kier alpha value is -0.810. The Morgan fingerprint density at radius 2 is 0.758 bits per heavy atom. The summed E-state index contributed by atoms with van der Waals surface area (Å²) < 4.78 is 11.3. The molecule has 1 heterocycles. The summed E-state index contributed by atoms with van der Waals surface area (Å²) in [5.74, 6) is -0.137. The fourth-order valence-electron chi connectivity index (χ4n) is 9.81. The quantitative estimate of drug-likeness (QED) is 0.0330. The molecule has 1 saturated heterocycles. The van der Waals surface area contributed by atoms with Gasteiger partial charge in [-0.3, -0.25) is 4.79 Å². The van der Waals surface area contributed by atoms with Crippen LogP contribution in [0.5, 0.6) is 0 Å². The van der Waals surface area contributed by atoms with E-state index in [1.54, 1.807) is 0 Å². The van der Waals surface area contributed by atoms with Crippen LogP contribution < -0.4 is 5.32 Å². The van der Waals surface area contributed by atoms with Crippen LogP contribution in [0.3, 0.4) is 0 Å². The minimum Gasteiger partial charge on any atom is -0.394 e. The number of aliphatic hydroxyl groups excluding tert-OH is 5. The molecule has 1 aliphatic heterocycles. The van der Waals surface area contributed by atoms with E-state index < -0.39 is 49.5 Å². The van der Waals surface area contributed by atoms with Crippen molar-refractivity contribution in [2.45, 2.75) is 346 Å². The molecule has 0 aromatic heterocycles. The molecule has 66 heavy (non-hydrogen) atoms. The van der Waals surface area contributed by atoms with Crippen molar-refractivity contribution in [2.24, 2.45) is 0 Å². The van der Waals surface area contributed by atoms with Crippen molar-refractivity contribution in [3.05, 3.63) is 0 Å². The number of amides is 1. The zero-order chi connectivity index (χ0) is 48.0. The molecule has 1 fully saturated rings. The predicted octanol–water partition coefficient (Wildman–Crippen LogP) is 14.2. The average molecular weight is 941 g/mol. The second-order valence-electron chi connectivity index (χ2n) is 20.8. The molecule has 6 N–H and O–H groups in total. The van der Waals surface area contributed by atoms with E-state index in [4.69, 9.17) is 9.47 Å². The highest BCUT2D eigenvalue weighted by Crippen LogP contribution is 2.23. The fraction of sp³-hybridized carbons (Fsp3) is 0.982. The van der Waals surface area contributed by atoms with Gasteiger partial charge in [0.25, 0.3) is 0 Å². The molecule has 0 aromatic rings. The van der Waals surface area contributed by atoms with Gasteiger partial charge in [-0.1, -0.05) is 284 Å². The Labute approximate surface area is 408 Å². The number of aliphatic hydroxyl groups is 5. The van der Waals surface area contributed by atoms with Gasteiger partial charge in [0.05, 0.1) is 25.4 Å². The first-order valence-electron chi connectivity index (χ1n) is 29.2. The molecule has 0 bridgehead atoms. The summed E-state index contributed by atoms with van der Waals surface area (Å²) >= 11 is 0. The topological polar surface area (TPSA) is 149 Å². The Kier molecular flexibility index (Phi) is 45.8. The first kappa shape index (κ1) is 63.2. The van der Waals surface area contributed by atoms with Crippen molar-refractivity contribution < 1.29 is 39.8 Å². The lowest BCUT2D eigenvalue weighted by atomic mass is 9.99. The van der Waals surface area contributed by atoms with Crippen LogP contribution in [0.25, 0.3) is 0 Å². The number of hydrogen-bond acceptors (Lipinski definition) is 8. The Morgan fingerprint density at radius 3 is 1.08 bits per heavy atom. The Morgan fingerprint density at radius 1 is 0.455 bits per heavy atom. The molecule has 0 aliphatic carbocycles. The van der Waals surface area contributed by atoms with Crippen molar-refractivity contribution in [3.63, 3.8) is 0 Å². The van der Waals surface area contributed by atoms with E-state index in [0.717, 1.165) is 38.5 Å². The third-order valence-corrected chi connectivity index (χ3v) is 14.5. The second-order valence-corrected chi connectivity index (χ2v) is 20.8. The van der Waals surface area contributed by atoms with Crippen LogP contribution in [-0.2, 0) is 14.3 Å². The van der Waals surface area contributed by atoms with Crippen molar-refractivity contribution >= 4 is 5.91 Å². The summed E-state index contributed by atoms with van der Waals surface area (Å²) in [5, 5.41) is 54.6. The third kappa shape index (κ3) is 37.1. The molecule has 7 atom stereocenters. The molecule has 9 nitrogen and oxygen atoms in total. The summed E-state index contributed by atoms with van der Waals surface area (Å²) in [6.45, 7) is 3.88. The van der Waals surface area contributed by atoms with Crippen molar-refractivity contribution in [1.29, 1.82) is 0 Å². The summed E-state index contributed by atoms with van der Waals surface area (Å²) in [7, 11) is 0. The van der Waals surface area contributed by atoms with Gasteiger partial charge in [0.1, 0.15) is 24.4 Å². The zero-order valence-electron chi connectivity index (χ0n) is 43.7. The molecular formula is C57H113NO8. The van der Waals surface area contributed by atoms with Gasteiger partial charge >= 0.3 is 0 Å². The van der Waals surface area contributed by atoms with Crippen LogP contribution in [-0.4, -0.2) is 87.5 Å². The lowest BCUT2D eigenvalue weighted by Crippen LogP contribution is -2.60. The number of ether oxygens (including phenoxy) is 2. The van der Waals surface area contributed by atoms with Crippen LogP contribution in [0, 0.1) is 0 Å². The maximum atomic E-state index is 13.0. The van der Waals surface area contributed by atoms with Gasteiger partial charge in [0.15, 0.2) is 6.29 Å². The number of unbranched alkanes of at least 4 members (excludes halogenated alkanes) is 41. The first-order valence-corrected chi connectivity index (χ1v) is 29.2. The smallest absolute Gasteiger partial charge is 0.220 e. The minimum atomic E-state index is -1.55. The van der Waals surface area contributed by atoms with Gasteiger partial charge in [0, 0.05) is 6.42 Å². The van der Waals surface area contributed by atoms with Gasteiger partial charge in [-0.15, -0.1) is 0 Å². The molecule has 0 spiro atoms. The van der Waals surface area contributed by atoms with E-state index in [1.807, 2.05) is 0 Å². The molecule has 7 unspecified atom stereocenters. The summed E-state index contributed by atoms with van der Waals surface area (Å²) in [5.41, 5.74) is 0. The largest absolute Gasteiger partial charge is 0.394 e. The Bertz CT molecular complexity index is 1000. The van der Waals surface area contributed by atoms with Crippen molar-refractivity contribution in [1.82, 2.24) is 5.32 Å². The fourth-order valence-corrected chi connectivity index (χ4v) is 9.81. The second kappa shape index (κ2) is 47.8. The number of rotatable bonds is 51. The molecule has 0 saturated carbocycles. The van der Waals surface area contributed by atoms with E-state index in [0.29, 0.717) is 12.8 Å². The molecular weight excluding hydrogens is 827 g/mol. The molecule has 1 aliphatic rings. The van der Waals surface area contributed by atoms with Crippen LogP contribution in [0.1, 0.15) is 303 Å². The maximum Gasteiger partial charge on any atom is 0.220 e. The highest BCUT2D eigenvalue weighted by atomic mass is 16.7. The average Bonchev–Trinajstić information content (AvgIpc) is 3.32. The maximum absolute atomic E-state index is 13.0. The van der Waals surface area contributed by atoms with Gasteiger partial charge in [-0.25, -0.2) is 0 Å². The highest BCUT2D eigenvalue weighted by Gasteiger charge is 2.44. The molecule has 0 radical (unpaired) electrons. The van der Waals surface area contributed by atoms with E-state index in [2.05, 4.69) is 19.2 Å². The standard InChI is InChI=1S/C57H113NO8/c1-3-5-7-9-11-13-15-17-19-20-21-22-23-24-25-26-27-28-29-30-31-33-34-36-38-40-42-44-46-51(60)50(49-65-57-56(64)55(63)54(62)52(48-59)66-57)58-53(61)47-45-43-41-39-37-35-32-18-16-14-12-10-8-6-4-2/h50-52,54-57,59-60,62-64H,3-49H2,1-2H3,(H,58,61). The normalized spacial score (nSPS) is 19.7. The van der Waals surface area contributed by atoms with E-state index in [1.165, 1.54) is 238 Å². The summed E-state index contributed by atoms with van der Waals surface area (Å²) in [6.07, 6.45) is 50.0.